The van der Waals surface area contributed by atoms with Crippen LogP contribution in [0, 0.1) is 76.9 Å². The SMILES string of the molecule is CC1CCC(C2CCC(C3CCC(OC(=O)c4cc(N)cc(N)c4)CC3)CC2)CC1.CC1CCC(C2CCC(c3ccc(OC(=O)c4ccc(N)cc4N)cc3)CC2)CC1.CC1CCC(C2CCC(c3ccc(Oc4ccc(N)cc4N)cc3)CC2)CC1.CC1CCC(c2ccc(-c3ccc(OC(=O)c4cc(N)cc(N)c4)cc3)cc2)CC1.CC1CCC(c2ccc(-c3ccc(Oc4cc(N)cc(N)c4)cc3)cc2)CC1. The van der Waals surface area contributed by atoms with E-state index in [-0.39, 0.29) is 12.1 Å². The van der Waals surface area contributed by atoms with Gasteiger partial charge in [-0.1, -0.05) is 196 Å². The highest BCUT2D eigenvalue weighted by Crippen LogP contribution is 2.50. The zero-order valence-electron chi connectivity index (χ0n) is 87.4. The number of rotatable bonds is 20. The molecule has 0 aromatic heterocycles. The van der Waals surface area contributed by atoms with Gasteiger partial charge in [-0.05, 0) is 439 Å². The lowest BCUT2D eigenvalue weighted by atomic mass is 9.65. The van der Waals surface area contributed by atoms with Crippen molar-refractivity contribution in [2.24, 2.45) is 76.9 Å². The van der Waals surface area contributed by atoms with Crippen LogP contribution >= 0.6 is 0 Å². The first-order valence-electron chi connectivity index (χ1n) is 55.5. The van der Waals surface area contributed by atoms with Crippen LogP contribution in [0.25, 0.3) is 22.3 Å². The van der Waals surface area contributed by atoms with E-state index in [4.69, 9.17) is 81.0 Å². The Morgan fingerprint density at radius 3 is 0.815 bits per heavy atom. The fraction of sp³-hybridized carbons (Fsp3) is 0.461. The zero-order chi connectivity index (χ0) is 102. The van der Waals surface area contributed by atoms with Crippen molar-refractivity contribution in [3.63, 3.8) is 0 Å². The summed E-state index contributed by atoms with van der Waals surface area (Å²) < 4.78 is 28.6. The number of nitrogen functional groups attached to an aromatic ring is 10. The number of anilines is 10. The lowest BCUT2D eigenvalue weighted by Crippen LogP contribution is -2.31. The number of esters is 3. The monoisotopic (exact) mass is 1970 g/mol. The van der Waals surface area contributed by atoms with E-state index in [2.05, 4.69) is 132 Å². The molecular formula is C128H164N10O8. The Morgan fingerprint density at radius 2 is 0.466 bits per heavy atom. The Labute approximate surface area is 869 Å². The van der Waals surface area contributed by atoms with Crippen LogP contribution in [0.2, 0.25) is 0 Å². The van der Waals surface area contributed by atoms with Gasteiger partial charge in [0.2, 0.25) is 0 Å². The van der Waals surface area contributed by atoms with Crippen molar-refractivity contribution in [1.29, 1.82) is 0 Å². The van der Waals surface area contributed by atoms with Gasteiger partial charge in [-0.25, -0.2) is 14.4 Å². The molecule has 0 unspecified atom stereocenters. The molecule has 11 aromatic carbocycles. The molecule has 18 nitrogen and oxygen atoms in total. The molecule has 20 rings (SSSR count). The van der Waals surface area contributed by atoms with Crippen LogP contribution in [0.3, 0.4) is 0 Å². The van der Waals surface area contributed by atoms with Crippen molar-refractivity contribution in [2.75, 3.05) is 57.3 Å². The molecule has 0 saturated heterocycles. The minimum absolute atomic E-state index is 0.0389. The largest absolute Gasteiger partial charge is 0.459 e. The molecule has 0 spiro atoms. The number of benzene rings is 11. The van der Waals surface area contributed by atoms with Crippen LogP contribution in [0.1, 0.15) is 343 Å². The summed E-state index contributed by atoms with van der Waals surface area (Å²) in [5, 5.41) is 0. The van der Waals surface area contributed by atoms with Gasteiger partial charge >= 0.3 is 17.9 Å². The predicted molar refractivity (Wildman–Crippen MR) is 603 cm³/mol. The molecule has 774 valence electrons. The Bertz CT molecular complexity index is 5920. The molecule has 18 heteroatoms. The zero-order valence-corrected chi connectivity index (χ0v) is 87.4. The average molecular weight is 1970 g/mol. The van der Waals surface area contributed by atoms with Crippen molar-refractivity contribution < 1.29 is 38.1 Å². The van der Waals surface area contributed by atoms with Crippen molar-refractivity contribution >= 4 is 74.8 Å². The number of hydrogen-bond donors (Lipinski definition) is 10. The topological polar surface area (TPSA) is 358 Å². The van der Waals surface area contributed by atoms with E-state index in [0.717, 1.165) is 118 Å². The first kappa shape index (κ1) is 106. The highest BCUT2D eigenvalue weighted by atomic mass is 16.5. The van der Waals surface area contributed by atoms with Crippen LogP contribution in [0.4, 0.5) is 56.9 Å². The molecule has 146 heavy (non-hydrogen) atoms. The number of hydrogen-bond acceptors (Lipinski definition) is 18. The van der Waals surface area contributed by atoms with Gasteiger partial charge in [0.25, 0.3) is 0 Å². The molecule has 9 fully saturated rings. The summed E-state index contributed by atoms with van der Waals surface area (Å²) in [4.78, 5) is 37.2. The summed E-state index contributed by atoms with van der Waals surface area (Å²) in [6, 6.07) is 75.4. The van der Waals surface area contributed by atoms with Gasteiger partial charge < -0.3 is 81.0 Å². The molecule has 0 heterocycles. The lowest BCUT2D eigenvalue weighted by molar-refractivity contribution is 0.00998. The molecule has 0 bridgehead atoms. The van der Waals surface area contributed by atoms with E-state index in [1.807, 2.05) is 48.5 Å². The van der Waals surface area contributed by atoms with Gasteiger partial charge in [0.1, 0.15) is 40.6 Å². The van der Waals surface area contributed by atoms with Crippen molar-refractivity contribution in [3.8, 4) is 56.8 Å². The standard InChI is InChI=1S/C26H34N2O2.C26H40N2O2.C26H28N2O2.C25H34N2O.C25H28N2O/c1-17-2-4-18(5-3-17)19-6-8-20(9-7-19)21-10-13-23(14-11-21)30-26(29)24-15-12-22(27)16-25(24)28;2*1-17-2-4-18(5-3-17)19-6-8-20(9-7-19)21-10-12-25(13-11-21)30-26(29)22-14-23(27)16-24(28)15-22;1-17-2-4-18(5-3-17)19-6-8-20(9-7-19)21-10-13-23(14-11-21)28-25-15-12-22(26)16-24(25)27;1-17-2-4-18(5-3-17)19-6-8-20(9-7-19)21-10-12-24(13-11-21)28-25-15-22(26)14-23(27)16-25/h10-20H,2-9,27-28H2,1H3;14-21,25H,2-13,27-28H2,1H3;6-18H,2-5,27-28H2,1H3;10-20H,2-9,26-27H2,1H3;6-18H,2-5,26-27H2,1H3. The molecule has 0 radical (unpaired) electrons. The Morgan fingerprint density at radius 1 is 0.212 bits per heavy atom. The van der Waals surface area contributed by atoms with E-state index in [1.165, 1.54) is 252 Å². The van der Waals surface area contributed by atoms with E-state index in [0.29, 0.717) is 114 Å². The second-order valence-corrected chi connectivity index (χ2v) is 45.5. The summed E-state index contributed by atoms with van der Waals surface area (Å²) >= 11 is 0. The van der Waals surface area contributed by atoms with E-state index >= 15 is 0 Å². The summed E-state index contributed by atoms with van der Waals surface area (Å²) in [5.74, 6) is 17.6. The normalized spacial score (nSPS) is 25.6. The fourth-order valence-corrected chi connectivity index (χ4v) is 25.5. The summed E-state index contributed by atoms with van der Waals surface area (Å²) in [5.41, 5.74) is 74.8. The third-order valence-electron chi connectivity index (χ3n) is 34.7. The second kappa shape index (κ2) is 51.2. The Balaban J connectivity index is 0.000000131. The summed E-state index contributed by atoms with van der Waals surface area (Å²) in [6.07, 6.45) is 49.0. The maximum absolute atomic E-state index is 12.5. The van der Waals surface area contributed by atoms with Gasteiger partial charge in [0.05, 0.1) is 22.4 Å². The third kappa shape index (κ3) is 30.3. The average Bonchev–Trinajstić information content (AvgIpc) is 0.843. The quantitative estimate of drug-likeness (QED) is 0.0192. The van der Waals surface area contributed by atoms with Gasteiger partial charge in [0.15, 0.2) is 0 Å². The molecule has 9 saturated carbocycles. The molecule has 0 aliphatic heterocycles. The van der Waals surface area contributed by atoms with Gasteiger partial charge in [-0.15, -0.1) is 0 Å². The van der Waals surface area contributed by atoms with Crippen LogP contribution in [-0.2, 0) is 4.74 Å². The first-order valence-corrected chi connectivity index (χ1v) is 55.5. The van der Waals surface area contributed by atoms with Crippen LogP contribution in [0.15, 0.2) is 237 Å². The highest BCUT2D eigenvalue weighted by Gasteiger charge is 2.38. The molecule has 9 aliphatic rings. The Kier molecular flexibility index (Phi) is 37.2. The van der Waals surface area contributed by atoms with Crippen molar-refractivity contribution in [2.45, 2.75) is 296 Å². The highest BCUT2D eigenvalue weighted by molar-refractivity contribution is 5.97. The first-order chi connectivity index (χ1) is 70.6. The second-order valence-electron chi connectivity index (χ2n) is 45.5. The van der Waals surface area contributed by atoms with Gasteiger partial charge in [0, 0.05) is 63.3 Å². The molecule has 0 atom stereocenters. The molecule has 9 aliphatic carbocycles. The predicted octanol–water partition coefficient (Wildman–Crippen LogP) is 31.7. The lowest BCUT2D eigenvalue weighted by Gasteiger charge is -2.41. The summed E-state index contributed by atoms with van der Waals surface area (Å²) in [6.45, 7) is 12.0. The third-order valence-corrected chi connectivity index (χ3v) is 34.7. The van der Waals surface area contributed by atoms with E-state index in [9.17, 15) is 14.4 Å². The maximum Gasteiger partial charge on any atom is 0.345 e. The van der Waals surface area contributed by atoms with Crippen molar-refractivity contribution in [3.05, 3.63) is 276 Å². The van der Waals surface area contributed by atoms with Gasteiger partial charge in [-0.2, -0.15) is 0 Å². The number of carbonyl (C=O) groups excluding carboxylic acids is 3. The van der Waals surface area contributed by atoms with Crippen LogP contribution in [0.5, 0.6) is 34.5 Å². The van der Waals surface area contributed by atoms with E-state index < -0.39 is 11.9 Å². The molecule has 20 N–H and O–H groups in total. The number of ether oxygens (including phenoxy) is 5. The molecule has 11 aromatic rings. The van der Waals surface area contributed by atoms with E-state index in [1.54, 1.807) is 91.0 Å². The summed E-state index contributed by atoms with van der Waals surface area (Å²) in [7, 11) is 0. The number of carbonyl (C=O) groups is 3. The maximum atomic E-state index is 12.5. The smallest absolute Gasteiger partial charge is 0.345 e. The van der Waals surface area contributed by atoms with Crippen LogP contribution < -0.4 is 76.3 Å². The minimum atomic E-state index is -0.479. The van der Waals surface area contributed by atoms with Crippen molar-refractivity contribution in [1.82, 2.24) is 0 Å². The fourth-order valence-electron chi connectivity index (χ4n) is 25.5. The molecule has 0 amide bonds. The molecular weight excluding hydrogens is 1810 g/mol. The number of nitrogens with two attached hydrogens (primary N) is 10. The van der Waals surface area contributed by atoms with Gasteiger partial charge in [-0.3, -0.25) is 0 Å². The minimum Gasteiger partial charge on any atom is -0.459 e. The Hall–Kier alpha value is -12.6. The van der Waals surface area contributed by atoms with Crippen LogP contribution in [-0.4, -0.2) is 24.0 Å².